The first-order chi connectivity index (χ1) is 20.0. The number of ketones is 2. The monoisotopic (exact) mass is 616 g/mol. The lowest BCUT2D eigenvalue weighted by atomic mass is 10.0. The minimum absolute atomic E-state index is 0.346. The van der Waals surface area contributed by atoms with Gasteiger partial charge in [-0.25, -0.2) is 0 Å². The van der Waals surface area contributed by atoms with E-state index in [-0.39, 0.29) is 12.8 Å². The first kappa shape index (κ1) is 43.0. The lowest BCUT2D eigenvalue weighted by molar-refractivity contribution is -0.171. The predicted molar refractivity (Wildman–Crippen MR) is 163 cm³/mol. The minimum atomic E-state index is -4.64. The third kappa shape index (κ3) is 33.4. The lowest BCUT2D eigenvalue weighted by Crippen LogP contribution is -2.22. The summed E-state index contributed by atoms with van der Waals surface area (Å²) in [5.74, 6) is -3.16. The first-order valence-electron chi connectivity index (χ1n) is 17.2. The SMILES string of the molecule is CCCCCCCCCCCCCCCC(=O)C(F)(F)F.CCCCCCCCCCCCCCCC(=O)C(F)(F)F. The Labute approximate surface area is 253 Å². The quantitative estimate of drug-likeness (QED) is 0.0647. The second-order valence-electron chi connectivity index (χ2n) is 11.8. The molecule has 42 heavy (non-hydrogen) atoms. The number of carbonyl (C=O) groups is 2. The van der Waals surface area contributed by atoms with Crippen LogP contribution in [0.2, 0.25) is 0 Å². The van der Waals surface area contributed by atoms with E-state index >= 15 is 0 Å². The van der Waals surface area contributed by atoms with Gasteiger partial charge in [-0.2, -0.15) is 26.3 Å². The standard InChI is InChI=1S/2C17H31F3O/c2*1-2-3-4-5-6-7-8-9-10-11-12-13-14-15-16(21)17(18,19)20/h2*2-15H2,1H3. The molecule has 0 atom stereocenters. The fourth-order valence-corrected chi connectivity index (χ4v) is 4.89. The number of rotatable bonds is 28. The van der Waals surface area contributed by atoms with Crippen molar-refractivity contribution in [2.45, 2.75) is 206 Å². The van der Waals surface area contributed by atoms with Crippen LogP contribution in [0, 0.1) is 0 Å². The van der Waals surface area contributed by atoms with E-state index in [2.05, 4.69) is 13.8 Å². The van der Waals surface area contributed by atoms with Gasteiger partial charge in [0.2, 0.25) is 11.6 Å². The van der Waals surface area contributed by atoms with Crippen molar-refractivity contribution < 1.29 is 35.9 Å². The predicted octanol–water partition coefficient (Wildman–Crippen LogP) is 13.2. The molecule has 8 heteroatoms. The van der Waals surface area contributed by atoms with Gasteiger partial charge in [-0.15, -0.1) is 0 Å². The number of unbranched alkanes of at least 4 members (excludes halogenated alkanes) is 24. The molecule has 0 fully saturated rings. The molecule has 0 rings (SSSR count). The zero-order valence-electron chi connectivity index (χ0n) is 26.9. The normalized spacial score (nSPS) is 11.8. The molecule has 0 aromatic rings. The Morgan fingerprint density at radius 3 is 0.667 bits per heavy atom. The molecule has 0 aromatic carbocycles. The van der Waals surface area contributed by atoms with Crippen LogP contribution in [-0.2, 0) is 9.59 Å². The number of hydrogen-bond acceptors (Lipinski definition) is 2. The second kappa shape index (κ2) is 30.0. The molecule has 0 unspecified atom stereocenters. The highest BCUT2D eigenvalue weighted by atomic mass is 19.4. The summed E-state index contributed by atoms with van der Waals surface area (Å²) in [6.45, 7) is 4.44. The Hall–Kier alpha value is -1.08. The number of alkyl halides is 6. The number of Topliss-reactive ketones (excluding diaryl/α,β-unsaturated/α-hetero) is 2. The molecule has 0 spiro atoms. The number of hydrogen-bond donors (Lipinski definition) is 0. The Bertz CT molecular complexity index is 550. The summed E-state index contributed by atoms with van der Waals surface area (Å²) in [5, 5.41) is 0. The van der Waals surface area contributed by atoms with Crippen molar-refractivity contribution in [1.29, 1.82) is 0 Å². The summed E-state index contributed by atoms with van der Waals surface area (Å²) >= 11 is 0. The number of halogens is 6. The first-order valence-corrected chi connectivity index (χ1v) is 17.2. The molecule has 0 saturated carbocycles. The largest absolute Gasteiger partial charge is 0.449 e. The Morgan fingerprint density at radius 2 is 0.500 bits per heavy atom. The molecule has 0 bridgehead atoms. The summed E-state index contributed by atoms with van der Waals surface area (Å²) in [7, 11) is 0. The highest BCUT2D eigenvalue weighted by Crippen LogP contribution is 2.21. The Morgan fingerprint density at radius 1 is 0.333 bits per heavy atom. The molecule has 0 radical (unpaired) electrons. The van der Waals surface area contributed by atoms with Gasteiger partial charge in [0.1, 0.15) is 0 Å². The molecule has 0 aliphatic rings. The van der Waals surface area contributed by atoms with E-state index in [0.717, 1.165) is 38.5 Å². The summed E-state index contributed by atoms with van der Waals surface area (Å²) in [6, 6.07) is 0. The molecule has 0 aromatic heterocycles. The number of carbonyl (C=O) groups excluding carboxylic acids is 2. The maximum Gasteiger partial charge on any atom is 0.449 e. The zero-order chi connectivity index (χ0) is 32.0. The molecule has 0 heterocycles. The van der Waals surface area contributed by atoms with Crippen LogP contribution >= 0.6 is 0 Å². The molecule has 252 valence electrons. The average molecular weight is 617 g/mol. The molecular formula is C34H62F6O2. The van der Waals surface area contributed by atoms with Gasteiger partial charge in [0.15, 0.2) is 0 Å². The van der Waals surface area contributed by atoms with Gasteiger partial charge in [-0.1, -0.05) is 168 Å². The van der Waals surface area contributed by atoms with Crippen LogP contribution in [0.1, 0.15) is 194 Å². The topological polar surface area (TPSA) is 34.1 Å². The van der Waals surface area contributed by atoms with Crippen molar-refractivity contribution in [3.05, 3.63) is 0 Å². The van der Waals surface area contributed by atoms with E-state index < -0.39 is 23.9 Å². The summed E-state index contributed by atoms with van der Waals surface area (Å²) in [4.78, 5) is 21.3. The summed E-state index contributed by atoms with van der Waals surface area (Å²) in [5.41, 5.74) is 0. The van der Waals surface area contributed by atoms with E-state index in [1.807, 2.05) is 0 Å². The second-order valence-corrected chi connectivity index (χ2v) is 11.8. The van der Waals surface area contributed by atoms with Crippen molar-refractivity contribution in [2.75, 3.05) is 0 Å². The molecule has 0 aliphatic carbocycles. The van der Waals surface area contributed by atoms with E-state index in [0.29, 0.717) is 12.8 Å². The fraction of sp³-hybridized carbons (Fsp3) is 0.941. The van der Waals surface area contributed by atoms with Crippen LogP contribution in [0.25, 0.3) is 0 Å². The van der Waals surface area contributed by atoms with E-state index in [4.69, 9.17) is 0 Å². The van der Waals surface area contributed by atoms with Gasteiger partial charge in [0.05, 0.1) is 0 Å². The van der Waals surface area contributed by atoms with Crippen LogP contribution in [-0.4, -0.2) is 23.9 Å². The molecule has 0 saturated heterocycles. The van der Waals surface area contributed by atoms with Gasteiger partial charge in [0.25, 0.3) is 0 Å². The van der Waals surface area contributed by atoms with Gasteiger partial charge in [-0.05, 0) is 12.8 Å². The van der Waals surface area contributed by atoms with Crippen molar-refractivity contribution in [1.82, 2.24) is 0 Å². The molecule has 2 nitrogen and oxygen atoms in total. The molecule has 0 amide bonds. The maximum atomic E-state index is 11.9. The van der Waals surface area contributed by atoms with Crippen molar-refractivity contribution in [3.8, 4) is 0 Å². The van der Waals surface area contributed by atoms with Crippen LogP contribution in [0.15, 0.2) is 0 Å². The van der Waals surface area contributed by atoms with Crippen LogP contribution in [0.4, 0.5) is 26.3 Å². The third-order valence-corrected chi connectivity index (χ3v) is 7.65. The smallest absolute Gasteiger partial charge is 0.290 e. The van der Waals surface area contributed by atoms with Crippen molar-refractivity contribution in [3.63, 3.8) is 0 Å². The van der Waals surface area contributed by atoms with Gasteiger partial charge < -0.3 is 0 Å². The van der Waals surface area contributed by atoms with Crippen LogP contribution in [0.3, 0.4) is 0 Å². The van der Waals surface area contributed by atoms with Gasteiger partial charge in [-0.3, -0.25) is 9.59 Å². The van der Waals surface area contributed by atoms with Crippen molar-refractivity contribution >= 4 is 11.6 Å². The van der Waals surface area contributed by atoms with E-state index in [1.54, 1.807) is 0 Å². The highest BCUT2D eigenvalue weighted by molar-refractivity contribution is 5.84. The van der Waals surface area contributed by atoms with Crippen molar-refractivity contribution in [2.24, 2.45) is 0 Å². The third-order valence-electron chi connectivity index (χ3n) is 7.65. The lowest BCUT2D eigenvalue weighted by Gasteiger charge is -2.05. The van der Waals surface area contributed by atoms with Crippen LogP contribution < -0.4 is 0 Å². The Balaban J connectivity index is 0. The summed E-state index contributed by atoms with van der Waals surface area (Å²) in [6.07, 6.45) is 19.6. The van der Waals surface area contributed by atoms with Gasteiger partial charge >= 0.3 is 12.4 Å². The highest BCUT2D eigenvalue weighted by Gasteiger charge is 2.37. The molecule has 0 aliphatic heterocycles. The maximum absolute atomic E-state index is 11.9. The average Bonchev–Trinajstić information content (AvgIpc) is 2.93. The van der Waals surface area contributed by atoms with Gasteiger partial charge in [0, 0.05) is 12.8 Å². The zero-order valence-corrected chi connectivity index (χ0v) is 26.9. The summed E-state index contributed by atoms with van der Waals surface area (Å²) < 4.78 is 71.7. The molecule has 0 N–H and O–H groups in total. The fourth-order valence-electron chi connectivity index (χ4n) is 4.89. The minimum Gasteiger partial charge on any atom is -0.290 e. The van der Waals surface area contributed by atoms with Crippen LogP contribution in [0.5, 0.6) is 0 Å². The molecular weight excluding hydrogens is 554 g/mol. The van der Waals surface area contributed by atoms with E-state index in [1.165, 1.54) is 116 Å². The van der Waals surface area contributed by atoms with E-state index in [9.17, 15) is 35.9 Å². The Kier molecular flexibility index (Phi) is 30.7.